The zero-order chi connectivity index (χ0) is 7.61. The second-order valence-corrected chi connectivity index (χ2v) is 6.24. The minimum Gasteiger partial charge on any atom is -0.397 e. The third kappa shape index (κ3) is 1.42. The predicted molar refractivity (Wildman–Crippen MR) is 43.3 cm³/mol. The van der Waals surface area contributed by atoms with Crippen molar-refractivity contribution in [2.24, 2.45) is 0 Å². The van der Waals surface area contributed by atoms with Gasteiger partial charge in [-0.05, 0) is 0 Å². The van der Waals surface area contributed by atoms with Crippen molar-refractivity contribution in [2.75, 3.05) is 14.2 Å². The Morgan fingerprint density at radius 2 is 2.10 bits per heavy atom. The lowest BCUT2D eigenvalue weighted by Crippen LogP contribution is -2.36. The second kappa shape index (κ2) is 3.05. The van der Waals surface area contributed by atoms with E-state index in [2.05, 4.69) is 0 Å². The molecule has 4 heteroatoms. The molecule has 0 spiro atoms. The summed E-state index contributed by atoms with van der Waals surface area (Å²) in [5.74, 6) is 0. The SMILES string of the molecule is CO[Si]1(OC)CC=C(Cl)C1. The van der Waals surface area contributed by atoms with Gasteiger partial charge in [0.25, 0.3) is 0 Å². The van der Waals surface area contributed by atoms with Crippen LogP contribution in [-0.2, 0) is 8.85 Å². The fourth-order valence-electron chi connectivity index (χ4n) is 1.06. The Hall–Kier alpha value is 0.167. The highest BCUT2D eigenvalue weighted by Crippen LogP contribution is 2.32. The number of hydrogen-bond acceptors (Lipinski definition) is 2. The first-order chi connectivity index (χ1) is 4.72. The van der Waals surface area contributed by atoms with E-state index >= 15 is 0 Å². The van der Waals surface area contributed by atoms with Crippen molar-refractivity contribution >= 4 is 20.2 Å². The number of allylic oxidation sites excluding steroid dienone is 2. The molecule has 0 atom stereocenters. The van der Waals surface area contributed by atoms with Crippen LogP contribution in [0.5, 0.6) is 0 Å². The van der Waals surface area contributed by atoms with Crippen molar-refractivity contribution in [3.63, 3.8) is 0 Å². The molecule has 0 bridgehead atoms. The molecule has 1 heterocycles. The standard InChI is InChI=1S/C6H11ClO2Si/c1-8-10(9-2)4-3-6(7)5-10/h3H,4-5H2,1-2H3. The molecule has 10 heavy (non-hydrogen) atoms. The van der Waals surface area contributed by atoms with Crippen molar-refractivity contribution in [3.05, 3.63) is 11.1 Å². The first kappa shape index (κ1) is 8.27. The van der Waals surface area contributed by atoms with Gasteiger partial charge in [-0.25, -0.2) is 0 Å². The van der Waals surface area contributed by atoms with E-state index < -0.39 is 8.56 Å². The smallest absolute Gasteiger partial charge is 0.346 e. The molecule has 0 aliphatic carbocycles. The molecule has 0 unspecified atom stereocenters. The summed E-state index contributed by atoms with van der Waals surface area (Å²) < 4.78 is 10.6. The van der Waals surface area contributed by atoms with Gasteiger partial charge in [0.05, 0.1) is 0 Å². The van der Waals surface area contributed by atoms with Gasteiger partial charge in [-0.1, -0.05) is 17.7 Å². The van der Waals surface area contributed by atoms with Crippen molar-refractivity contribution in [3.8, 4) is 0 Å². The molecule has 0 saturated heterocycles. The van der Waals surface area contributed by atoms with E-state index in [9.17, 15) is 0 Å². The zero-order valence-electron chi connectivity index (χ0n) is 6.19. The molecular formula is C6H11ClO2Si. The Labute approximate surface area is 67.0 Å². The lowest BCUT2D eigenvalue weighted by molar-refractivity contribution is 0.251. The predicted octanol–water partition coefficient (Wildman–Crippen LogP) is 1.86. The van der Waals surface area contributed by atoms with Gasteiger partial charge in [0.1, 0.15) is 0 Å². The monoisotopic (exact) mass is 178 g/mol. The fourth-order valence-corrected chi connectivity index (χ4v) is 4.03. The van der Waals surface area contributed by atoms with Gasteiger partial charge < -0.3 is 8.85 Å². The molecule has 0 N–H and O–H groups in total. The van der Waals surface area contributed by atoms with E-state index in [-0.39, 0.29) is 0 Å². The van der Waals surface area contributed by atoms with E-state index in [0.29, 0.717) is 0 Å². The summed E-state index contributed by atoms with van der Waals surface area (Å²) >= 11 is 5.79. The van der Waals surface area contributed by atoms with Crippen LogP contribution >= 0.6 is 11.6 Å². The summed E-state index contributed by atoms with van der Waals surface area (Å²) in [6.07, 6.45) is 1.99. The summed E-state index contributed by atoms with van der Waals surface area (Å²) in [6.45, 7) is 0. The number of halogens is 1. The molecule has 0 amide bonds. The third-order valence-corrected chi connectivity index (χ3v) is 5.56. The summed E-state index contributed by atoms with van der Waals surface area (Å²) in [4.78, 5) is 0. The van der Waals surface area contributed by atoms with E-state index in [1.165, 1.54) is 0 Å². The molecule has 0 aromatic heterocycles. The van der Waals surface area contributed by atoms with E-state index in [1.807, 2.05) is 6.08 Å². The number of hydrogen-bond donors (Lipinski definition) is 0. The highest BCUT2D eigenvalue weighted by molar-refractivity contribution is 6.71. The van der Waals surface area contributed by atoms with Crippen LogP contribution in [0.2, 0.25) is 12.1 Å². The Balaban J connectivity index is 2.57. The van der Waals surface area contributed by atoms with Crippen LogP contribution in [0.3, 0.4) is 0 Å². The minimum atomic E-state index is -1.87. The molecule has 1 aliphatic heterocycles. The zero-order valence-corrected chi connectivity index (χ0v) is 7.94. The molecule has 0 fully saturated rings. The maximum Gasteiger partial charge on any atom is 0.346 e. The highest BCUT2D eigenvalue weighted by atomic mass is 35.5. The normalized spacial score (nSPS) is 22.9. The van der Waals surface area contributed by atoms with Crippen molar-refractivity contribution in [2.45, 2.75) is 12.1 Å². The largest absolute Gasteiger partial charge is 0.397 e. The van der Waals surface area contributed by atoms with Crippen LogP contribution in [0.1, 0.15) is 0 Å². The molecule has 1 rings (SSSR count). The summed E-state index contributed by atoms with van der Waals surface area (Å²) in [7, 11) is 1.52. The van der Waals surface area contributed by atoms with Gasteiger partial charge in [0, 0.05) is 31.3 Å². The molecule has 58 valence electrons. The number of rotatable bonds is 2. The summed E-state index contributed by atoms with van der Waals surface area (Å²) in [6, 6.07) is 1.69. The average molecular weight is 179 g/mol. The maximum atomic E-state index is 5.79. The first-order valence-electron chi connectivity index (χ1n) is 3.17. The van der Waals surface area contributed by atoms with Crippen molar-refractivity contribution in [1.29, 1.82) is 0 Å². The van der Waals surface area contributed by atoms with Crippen LogP contribution in [0, 0.1) is 0 Å². The van der Waals surface area contributed by atoms with Crippen LogP contribution in [0.25, 0.3) is 0 Å². The van der Waals surface area contributed by atoms with Crippen molar-refractivity contribution in [1.82, 2.24) is 0 Å². The van der Waals surface area contributed by atoms with Crippen LogP contribution < -0.4 is 0 Å². The Morgan fingerprint density at radius 3 is 2.30 bits per heavy atom. The van der Waals surface area contributed by atoms with E-state index in [0.717, 1.165) is 17.1 Å². The molecule has 0 aromatic carbocycles. The quantitative estimate of drug-likeness (QED) is 0.601. The Kier molecular flexibility index (Phi) is 2.52. The second-order valence-electron chi connectivity index (χ2n) is 2.35. The molecule has 0 radical (unpaired) electrons. The van der Waals surface area contributed by atoms with E-state index in [1.54, 1.807) is 14.2 Å². The van der Waals surface area contributed by atoms with Gasteiger partial charge >= 0.3 is 8.56 Å². The third-order valence-electron chi connectivity index (χ3n) is 1.82. The van der Waals surface area contributed by atoms with Gasteiger partial charge in [0.2, 0.25) is 0 Å². The van der Waals surface area contributed by atoms with Gasteiger partial charge in [0.15, 0.2) is 0 Å². The lowest BCUT2D eigenvalue weighted by Gasteiger charge is -2.21. The minimum absolute atomic E-state index is 0.807. The topological polar surface area (TPSA) is 18.5 Å². The Morgan fingerprint density at radius 1 is 1.50 bits per heavy atom. The van der Waals surface area contributed by atoms with E-state index in [4.69, 9.17) is 20.5 Å². The van der Waals surface area contributed by atoms with Crippen LogP contribution in [0.4, 0.5) is 0 Å². The molecular weight excluding hydrogens is 168 g/mol. The molecule has 1 aliphatic rings. The maximum absolute atomic E-state index is 5.79. The Bertz CT molecular complexity index is 154. The van der Waals surface area contributed by atoms with Gasteiger partial charge in [-0.3, -0.25) is 0 Å². The van der Waals surface area contributed by atoms with Gasteiger partial charge in [-0.2, -0.15) is 0 Å². The summed E-state index contributed by atoms with van der Waals surface area (Å²) in [5.41, 5.74) is 0. The van der Waals surface area contributed by atoms with Crippen molar-refractivity contribution < 1.29 is 8.85 Å². The molecule has 2 nitrogen and oxygen atoms in total. The first-order valence-corrected chi connectivity index (χ1v) is 5.78. The van der Waals surface area contributed by atoms with Crippen LogP contribution in [-0.4, -0.2) is 22.8 Å². The van der Waals surface area contributed by atoms with Crippen LogP contribution in [0.15, 0.2) is 11.1 Å². The fraction of sp³-hybridized carbons (Fsp3) is 0.667. The molecule has 0 aromatic rings. The highest BCUT2D eigenvalue weighted by Gasteiger charge is 2.39. The van der Waals surface area contributed by atoms with Gasteiger partial charge in [-0.15, -0.1) is 0 Å². The average Bonchev–Trinajstić information content (AvgIpc) is 2.33. The lowest BCUT2D eigenvalue weighted by atomic mass is 10.6. The molecule has 0 saturated carbocycles. The summed E-state index contributed by atoms with van der Waals surface area (Å²) in [5, 5.41) is 0.885.